The lowest BCUT2D eigenvalue weighted by Crippen LogP contribution is -2.42. The van der Waals surface area contributed by atoms with Gasteiger partial charge in [0.15, 0.2) is 0 Å². The molecule has 0 spiro atoms. The van der Waals surface area contributed by atoms with E-state index in [4.69, 9.17) is 0 Å². The molecule has 1 atom stereocenters. The Hall–Kier alpha value is -1.44. The van der Waals surface area contributed by atoms with E-state index in [2.05, 4.69) is 4.72 Å². The first-order chi connectivity index (χ1) is 10.9. The normalized spacial score (nSPS) is 18.9. The minimum atomic E-state index is -3.46. The fourth-order valence-electron chi connectivity index (χ4n) is 2.77. The molecular weight excluding hydrogens is 314 g/mol. The average molecular weight is 339 g/mol. The third-order valence-electron chi connectivity index (χ3n) is 4.15. The molecule has 0 aromatic heterocycles. The van der Waals surface area contributed by atoms with Gasteiger partial charge in [-0.05, 0) is 25.0 Å². The Bertz CT molecular complexity index is 639. The Morgan fingerprint density at radius 3 is 2.39 bits per heavy atom. The number of hydrogen-bond donors (Lipinski definition) is 1. The van der Waals surface area contributed by atoms with E-state index in [1.807, 2.05) is 31.2 Å². The predicted molar refractivity (Wildman–Crippen MR) is 91.5 cm³/mol. The third-order valence-corrected chi connectivity index (χ3v) is 5.88. The van der Waals surface area contributed by atoms with Crippen LogP contribution in [0, 0.1) is 12.8 Å². The second kappa shape index (κ2) is 7.42. The van der Waals surface area contributed by atoms with Gasteiger partial charge in [0.05, 0.1) is 0 Å². The molecule has 7 heteroatoms. The van der Waals surface area contributed by atoms with Crippen LogP contribution in [0.4, 0.5) is 5.69 Å². The van der Waals surface area contributed by atoms with Crippen LogP contribution in [-0.4, -0.2) is 44.8 Å². The number of hydrogen-bond acceptors (Lipinski definition) is 3. The van der Waals surface area contributed by atoms with Crippen molar-refractivity contribution in [3.63, 3.8) is 0 Å². The van der Waals surface area contributed by atoms with Gasteiger partial charge in [-0.3, -0.25) is 4.79 Å². The fourth-order valence-corrected chi connectivity index (χ4v) is 4.08. The van der Waals surface area contributed by atoms with Crippen molar-refractivity contribution in [2.45, 2.75) is 27.2 Å². The van der Waals surface area contributed by atoms with Crippen LogP contribution >= 0.6 is 0 Å². The highest BCUT2D eigenvalue weighted by molar-refractivity contribution is 7.87. The van der Waals surface area contributed by atoms with Gasteiger partial charge in [0.2, 0.25) is 5.91 Å². The van der Waals surface area contributed by atoms with Gasteiger partial charge in [0.1, 0.15) is 0 Å². The van der Waals surface area contributed by atoms with Crippen LogP contribution in [-0.2, 0) is 15.0 Å². The Labute approximate surface area is 138 Å². The molecule has 2 rings (SSSR count). The molecular formula is C16H25N3O3S. The lowest BCUT2D eigenvalue weighted by Gasteiger charge is -2.20. The molecule has 1 unspecified atom stereocenters. The van der Waals surface area contributed by atoms with Gasteiger partial charge in [0.25, 0.3) is 10.2 Å². The van der Waals surface area contributed by atoms with E-state index >= 15 is 0 Å². The van der Waals surface area contributed by atoms with Crippen LogP contribution in [0.15, 0.2) is 24.3 Å². The zero-order chi connectivity index (χ0) is 17.0. The minimum Gasteiger partial charge on any atom is -0.312 e. The van der Waals surface area contributed by atoms with Crippen molar-refractivity contribution in [2.24, 2.45) is 5.92 Å². The Kier molecular flexibility index (Phi) is 5.78. The molecule has 128 valence electrons. The van der Waals surface area contributed by atoms with Crippen molar-refractivity contribution in [1.29, 1.82) is 0 Å². The molecule has 0 aliphatic carbocycles. The van der Waals surface area contributed by atoms with Gasteiger partial charge in [0, 0.05) is 38.3 Å². The zero-order valence-electron chi connectivity index (χ0n) is 13.9. The fraction of sp³-hybridized carbons (Fsp3) is 0.562. The monoisotopic (exact) mass is 339 g/mol. The molecule has 1 aromatic rings. The number of carbonyl (C=O) groups is 1. The summed E-state index contributed by atoms with van der Waals surface area (Å²) in [4.78, 5) is 13.9. The van der Waals surface area contributed by atoms with E-state index in [-0.39, 0.29) is 18.4 Å². The Morgan fingerprint density at radius 1 is 1.22 bits per heavy atom. The molecule has 1 aromatic carbocycles. The van der Waals surface area contributed by atoms with Gasteiger partial charge >= 0.3 is 0 Å². The van der Waals surface area contributed by atoms with Crippen LogP contribution < -0.4 is 9.62 Å². The van der Waals surface area contributed by atoms with E-state index in [9.17, 15) is 13.2 Å². The summed E-state index contributed by atoms with van der Waals surface area (Å²) in [6.45, 7) is 7.31. The predicted octanol–water partition coefficient (Wildman–Crippen LogP) is 1.52. The lowest BCUT2D eigenvalue weighted by molar-refractivity contribution is -0.117. The first-order valence-electron chi connectivity index (χ1n) is 7.99. The topological polar surface area (TPSA) is 69.7 Å². The van der Waals surface area contributed by atoms with Crippen molar-refractivity contribution >= 4 is 21.8 Å². The van der Waals surface area contributed by atoms with E-state index in [1.54, 1.807) is 18.7 Å². The summed E-state index contributed by atoms with van der Waals surface area (Å²) in [5.74, 6) is 0.0371. The quantitative estimate of drug-likeness (QED) is 0.819. The number of rotatable bonds is 7. The average Bonchev–Trinajstić information content (AvgIpc) is 2.88. The van der Waals surface area contributed by atoms with E-state index in [0.717, 1.165) is 11.3 Å². The summed E-state index contributed by atoms with van der Waals surface area (Å²) < 4.78 is 28.3. The molecule has 1 heterocycles. The summed E-state index contributed by atoms with van der Waals surface area (Å²) in [6.07, 6.45) is 0.370. The van der Waals surface area contributed by atoms with Gasteiger partial charge in [-0.2, -0.15) is 12.7 Å². The highest BCUT2D eigenvalue weighted by Crippen LogP contribution is 2.25. The second-order valence-corrected chi connectivity index (χ2v) is 7.60. The van der Waals surface area contributed by atoms with Gasteiger partial charge < -0.3 is 4.90 Å². The summed E-state index contributed by atoms with van der Waals surface area (Å²) in [7, 11) is -3.46. The number of aryl methyl sites for hydroxylation is 1. The standard InChI is InChI=1S/C16H25N3O3S/c1-4-18(5-2)23(21,22)17-11-14-10-16(20)19(12-14)15-8-6-13(3)7-9-15/h6-9,14,17H,4-5,10-12H2,1-3H3. The smallest absolute Gasteiger partial charge is 0.279 e. The molecule has 1 fully saturated rings. The third kappa shape index (κ3) is 4.31. The van der Waals surface area contributed by atoms with Gasteiger partial charge in [-0.1, -0.05) is 31.5 Å². The van der Waals surface area contributed by atoms with Crippen molar-refractivity contribution in [3.05, 3.63) is 29.8 Å². The van der Waals surface area contributed by atoms with Crippen molar-refractivity contribution in [1.82, 2.24) is 9.03 Å². The van der Waals surface area contributed by atoms with Gasteiger partial charge in [-0.15, -0.1) is 0 Å². The maximum absolute atomic E-state index is 12.2. The summed E-state index contributed by atoms with van der Waals surface area (Å²) in [5, 5.41) is 0. The highest BCUT2D eigenvalue weighted by Gasteiger charge is 2.31. The van der Waals surface area contributed by atoms with Crippen LogP contribution in [0.25, 0.3) is 0 Å². The van der Waals surface area contributed by atoms with Crippen LogP contribution in [0.5, 0.6) is 0 Å². The summed E-state index contributed by atoms with van der Waals surface area (Å²) >= 11 is 0. The Morgan fingerprint density at radius 2 is 1.83 bits per heavy atom. The van der Waals surface area contributed by atoms with Crippen LogP contribution in [0.3, 0.4) is 0 Å². The number of anilines is 1. The lowest BCUT2D eigenvalue weighted by atomic mass is 10.1. The number of carbonyl (C=O) groups excluding carboxylic acids is 1. The number of nitrogens with one attached hydrogen (secondary N) is 1. The summed E-state index contributed by atoms with van der Waals surface area (Å²) in [6, 6.07) is 7.80. The summed E-state index contributed by atoms with van der Waals surface area (Å²) in [5.41, 5.74) is 2.01. The number of benzene rings is 1. The molecule has 1 saturated heterocycles. The molecule has 1 aliphatic heterocycles. The molecule has 1 aliphatic rings. The zero-order valence-corrected chi connectivity index (χ0v) is 14.8. The van der Waals surface area contributed by atoms with Crippen molar-refractivity contribution < 1.29 is 13.2 Å². The van der Waals surface area contributed by atoms with Gasteiger partial charge in [-0.25, -0.2) is 4.72 Å². The van der Waals surface area contributed by atoms with E-state index in [0.29, 0.717) is 26.1 Å². The number of nitrogens with zero attached hydrogens (tertiary/aromatic N) is 2. The second-order valence-electron chi connectivity index (χ2n) is 5.85. The molecule has 1 amide bonds. The molecule has 23 heavy (non-hydrogen) atoms. The molecule has 0 radical (unpaired) electrons. The maximum Gasteiger partial charge on any atom is 0.279 e. The molecule has 1 N–H and O–H groups in total. The first-order valence-corrected chi connectivity index (χ1v) is 9.43. The van der Waals surface area contributed by atoms with Crippen molar-refractivity contribution in [2.75, 3.05) is 31.1 Å². The highest BCUT2D eigenvalue weighted by atomic mass is 32.2. The first kappa shape index (κ1) is 17.9. The van der Waals surface area contributed by atoms with E-state index in [1.165, 1.54) is 4.31 Å². The Balaban J connectivity index is 1.97. The molecule has 6 nitrogen and oxygen atoms in total. The maximum atomic E-state index is 12.2. The molecule has 0 saturated carbocycles. The van der Waals surface area contributed by atoms with Crippen LogP contribution in [0.2, 0.25) is 0 Å². The molecule has 0 bridgehead atoms. The largest absolute Gasteiger partial charge is 0.312 e. The van der Waals surface area contributed by atoms with Crippen molar-refractivity contribution in [3.8, 4) is 0 Å². The van der Waals surface area contributed by atoms with E-state index < -0.39 is 10.2 Å². The number of amides is 1. The SMILES string of the molecule is CCN(CC)S(=O)(=O)NCC1CC(=O)N(c2ccc(C)cc2)C1. The minimum absolute atomic E-state index is 0.00543. The van der Waals surface area contributed by atoms with Crippen LogP contribution in [0.1, 0.15) is 25.8 Å².